The van der Waals surface area contributed by atoms with Gasteiger partial charge in [0, 0.05) is 11.3 Å². The molecule has 3 aromatic carbocycles. The minimum atomic E-state index is -0.487. The van der Waals surface area contributed by atoms with Crippen LogP contribution < -0.4 is 25.4 Å². The SMILES string of the molecule is COc1cc([C@H]2NC(=S)NC(c3ccccc3)=C2C(C)=O)ccc1OCC(=O)Nc1ccccc1C. The first kappa shape index (κ1) is 24.9. The van der Waals surface area contributed by atoms with Gasteiger partial charge in [-0.3, -0.25) is 9.59 Å². The van der Waals surface area contributed by atoms with Crippen LogP contribution in [0.1, 0.15) is 29.7 Å². The van der Waals surface area contributed by atoms with Gasteiger partial charge in [0.1, 0.15) is 0 Å². The molecule has 0 fully saturated rings. The van der Waals surface area contributed by atoms with Gasteiger partial charge in [0.15, 0.2) is 29.0 Å². The second kappa shape index (κ2) is 11.0. The Bertz CT molecular complexity index is 1340. The molecule has 1 amide bonds. The molecule has 0 aromatic heterocycles. The zero-order chi connectivity index (χ0) is 25.7. The molecule has 0 saturated heterocycles. The van der Waals surface area contributed by atoms with Gasteiger partial charge < -0.3 is 25.4 Å². The van der Waals surface area contributed by atoms with Crippen molar-refractivity contribution in [1.82, 2.24) is 10.6 Å². The number of rotatable bonds is 8. The predicted molar refractivity (Wildman–Crippen MR) is 144 cm³/mol. The van der Waals surface area contributed by atoms with Crippen LogP contribution in [0.4, 0.5) is 5.69 Å². The van der Waals surface area contributed by atoms with Crippen molar-refractivity contribution in [2.45, 2.75) is 19.9 Å². The van der Waals surface area contributed by atoms with E-state index in [-0.39, 0.29) is 18.3 Å². The van der Waals surface area contributed by atoms with E-state index in [4.69, 9.17) is 21.7 Å². The number of carbonyl (C=O) groups excluding carboxylic acids is 2. The number of ketones is 1. The van der Waals surface area contributed by atoms with Gasteiger partial charge in [0.25, 0.3) is 5.91 Å². The molecule has 4 rings (SSSR count). The van der Waals surface area contributed by atoms with E-state index in [1.54, 1.807) is 12.1 Å². The molecule has 7 nitrogen and oxygen atoms in total. The summed E-state index contributed by atoms with van der Waals surface area (Å²) in [6.07, 6.45) is 0. The Labute approximate surface area is 215 Å². The van der Waals surface area contributed by atoms with Crippen molar-refractivity contribution in [3.63, 3.8) is 0 Å². The van der Waals surface area contributed by atoms with Crippen LogP contribution in [0.25, 0.3) is 5.70 Å². The van der Waals surface area contributed by atoms with E-state index >= 15 is 0 Å². The maximum absolute atomic E-state index is 12.8. The van der Waals surface area contributed by atoms with Crippen molar-refractivity contribution in [3.8, 4) is 11.5 Å². The molecule has 0 saturated carbocycles. The minimum Gasteiger partial charge on any atom is -0.493 e. The summed E-state index contributed by atoms with van der Waals surface area (Å²) in [7, 11) is 1.52. The lowest BCUT2D eigenvalue weighted by molar-refractivity contribution is -0.118. The number of aryl methyl sites for hydroxylation is 1. The van der Waals surface area contributed by atoms with E-state index < -0.39 is 6.04 Å². The van der Waals surface area contributed by atoms with Gasteiger partial charge in [0.2, 0.25) is 0 Å². The monoisotopic (exact) mass is 501 g/mol. The third-order valence-corrected chi connectivity index (χ3v) is 6.03. The smallest absolute Gasteiger partial charge is 0.262 e. The minimum absolute atomic E-state index is 0.0893. The molecule has 0 bridgehead atoms. The van der Waals surface area contributed by atoms with Crippen molar-refractivity contribution in [2.75, 3.05) is 19.0 Å². The number of hydrogen-bond donors (Lipinski definition) is 3. The maximum Gasteiger partial charge on any atom is 0.262 e. The Hall–Kier alpha value is -4.17. The predicted octanol–water partition coefficient (Wildman–Crippen LogP) is 4.54. The Morgan fingerprint density at radius 1 is 1.00 bits per heavy atom. The summed E-state index contributed by atoms with van der Waals surface area (Å²) >= 11 is 5.45. The summed E-state index contributed by atoms with van der Waals surface area (Å²) in [5.41, 5.74) is 4.56. The summed E-state index contributed by atoms with van der Waals surface area (Å²) in [6.45, 7) is 3.27. The quantitative estimate of drug-likeness (QED) is 0.391. The zero-order valence-corrected chi connectivity index (χ0v) is 21.1. The van der Waals surface area contributed by atoms with Gasteiger partial charge in [-0.2, -0.15) is 0 Å². The topological polar surface area (TPSA) is 88.7 Å². The highest BCUT2D eigenvalue weighted by molar-refractivity contribution is 7.80. The van der Waals surface area contributed by atoms with Crippen LogP contribution in [0.2, 0.25) is 0 Å². The average Bonchev–Trinajstić information content (AvgIpc) is 2.88. The van der Waals surface area contributed by atoms with Crippen molar-refractivity contribution in [1.29, 1.82) is 0 Å². The average molecular weight is 502 g/mol. The summed E-state index contributed by atoms with van der Waals surface area (Å²) in [4.78, 5) is 25.2. The fourth-order valence-electron chi connectivity index (χ4n) is 4.05. The van der Waals surface area contributed by atoms with Gasteiger partial charge in [-0.25, -0.2) is 0 Å². The lowest BCUT2D eigenvalue weighted by Crippen LogP contribution is -2.44. The number of nitrogens with one attached hydrogen (secondary N) is 3. The summed E-state index contributed by atoms with van der Waals surface area (Å²) in [5, 5.41) is 9.60. The van der Waals surface area contributed by atoms with Crippen LogP contribution in [-0.4, -0.2) is 30.5 Å². The molecule has 184 valence electrons. The molecule has 36 heavy (non-hydrogen) atoms. The number of methoxy groups -OCH3 is 1. The van der Waals surface area contributed by atoms with Crippen molar-refractivity contribution in [2.24, 2.45) is 0 Å². The Morgan fingerprint density at radius 3 is 2.42 bits per heavy atom. The molecule has 3 aromatic rings. The third-order valence-electron chi connectivity index (χ3n) is 5.81. The van der Waals surface area contributed by atoms with Gasteiger partial charge in [-0.05, 0) is 61.0 Å². The maximum atomic E-state index is 12.8. The van der Waals surface area contributed by atoms with E-state index in [1.165, 1.54) is 14.0 Å². The largest absolute Gasteiger partial charge is 0.493 e. The number of benzene rings is 3. The fourth-order valence-corrected chi connectivity index (χ4v) is 4.27. The molecular weight excluding hydrogens is 474 g/mol. The molecule has 1 aliphatic heterocycles. The van der Waals surface area contributed by atoms with E-state index in [9.17, 15) is 9.59 Å². The van der Waals surface area contributed by atoms with Gasteiger partial charge in [0.05, 0.1) is 18.8 Å². The molecule has 8 heteroatoms. The fraction of sp³-hybridized carbons (Fsp3) is 0.179. The first-order chi connectivity index (χ1) is 17.4. The first-order valence-corrected chi connectivity index (χ1v) is 11.8. The number of hydrogen-bond acceptors (Lipinski definition) is 5. The van der Waals surface area contributed by atoms with Crippen LogP contribution in [0, 0.1) is 6.92 Å². The number of amides is 1. The number of carbonyl (C=O) groups is 2. The first-order valence-electron chi connectivity index (χ1n) is 11.4. The highest BCUT2D eigenvalue weighted by Gasteiger charge is 2.30. The molecule has 1 aliphatic rings. The van der Waals surface area contributed by atoms with Crippen molar-refractivity contribution >= 4 is 40.4 Å². The van der Waals surface area contributed by atoms with E-state index in [1.807, 2.05) is 67.6 Å². The number of anilines is 1. The second-order valence-corrected chi connectivity index (χ2v) is 8.71. The van der Waals surface area contributed by atoms with Crippen LogP contribution in [0.3, 0.4) is 0 Å². The third kappa shape index (κ3) is 5.55. The molecular formula is C28H27N3O4S. The highest BCUT2D eigenvalue weighted by atomic mass is 32.1. The van der Waals surface area contributed by atoms with Crippen LogP contribution in [0.5, 0.6) is 11.5 Å². The normalized spacial score (nSPS) is 15.0. The van der Waals surface area contributed by atoms with E-state index in [0.29, 0.717) is 27.9 Å². The molecule has 0 spiro atoms. The number of ether oxygens (including phenoxy) is 2. The van der Waals surface area contributed by atoms with Crippen LogP contribution >= 0.6 is 12.2 Å². The molecule has 1 atom stereocenters. The van der Waals surface area contributed by atoms with Gasteiger partial charge in [-0.1, -0.05) is 54.6 Å². The lowest BCUT2D eigenvalue weighted by Gasteiger charge is -2.31. The summed E-state index contributed by atoms with van der Waals surface area (Å²) in [6, 6.07) is 22.0. The Morgan fingerprint density at radius 2 is 1.72 bits per heavy atom. The van der Waals surface area contributed by atoms with Crippen molar-refractivity contribution < 1.29 is 19.1 Å². The second-order valence-electron chi connectivity index (χ2n) is 8.30. The molecule has 0 radical (unpaired) electrons. The van der Waals surface area contributed by atoms with E-state index in [0.717, 1.165) is 22.4 Å². The lowest BCUT2D eigenvalue weighted by atomic mass is 9.90. The summed E-state index contributed by atoms with van der Waals surface area (Å²) < 4.78 is 11.3. The van der Waals surface area contributed by atoms with Gasteiger partial charge in [-0.15, -0.1) is 0 Å². The molecule has 1 heterocycles. The standard InChI is InChI=1S/C28H27N3O4S/c1-17-9-7-8-12-21(17)29-24(33)16-35-22-14-13-20(15-23(22)34-3)27-25(18(2)32)26(30-28(36)31-27)19-10-5-4-6-11-19/h4-15,27H,16H2,1-3H3,(H,29,33)(H2,30,31,36)/t27-/m1/s1. The molecule has 3 N–H and O–H groups in total. The van der Waals surface area contributed by atoms with Crippen LogP contribution in [0.15, 0.2) is 78.4 Å². The van der Waals surface area contributed by atoms with Crippen molar-refractivity contribution in [3.05, 3.63) is 95.1 Å². The van der Waals surface area contributed by atoms with Crippen LogP contribution in [-0.2, 0) is 9.59 Å². The van der Waals surface area contributed by atoms with Gasteiger partial charge >= 0.3 is 0 Å². The number of thiocarbonyl (C=S) groups is 1. The number of para-hydroxylation sites is 1. The molecule has 0 unspecified atom stereocenters. The molecule has 0 aliphatic carbocycles. The number of Topliss-reactive ketones (excluding diaryl/α,β-unsaturated/α-hetero) is 1. The van der Waals surface area contributed by atoms with E-state index in [2.05, 4.69) is 16.0 Å². The Kier molecular flexibility index (Phi) is 7.65. The highest BCUT2D eigenvalue weighted by Crippen LogP contribution is 2.36. The zero-order valence-electron chi connectivity index (χ0n) is 20.3. The Balaban J connectivity index is 1.58. The summed E-state index contributed by atoms with van der Waals surface area (Å²) in [5.74, 6) is 0.476.